The molecule has 1 aromatic carbocycles. The minimum Gasteiger partial charge on any atom is -0.359 e. The van der Waals surface area contributed by atoms with Gasteiger partial charge in [0, 0.05) is 7.05 Å². The van der Waals surface area contributed by atoms with Crippen molar-refractivity contribution in [1.29, 1.82) is 0 Å². The lowest BCUT2D eigenvalue weighted by Gasteiger charge is -2.01. The average molecular weight is 189 g/mol. The normalized spacial score (nSPS) is 10.4. The fourth-order valence-electron chi connectivity index (χ4n) is 1.37. The average Bonchev–Trinajstić information content (AvgIpc) is 2.16. The number of anilines is 1. The number of fused-ring (bicyclic) bond motifs is 1. The zero-order valence-corrected chi connectivity index (χ0v) is 8.09. The number of aromatic nitrogens is 2. The molecule has 0 atom stereocenters. The lowest BCUT2D eigenvalue weighted by Crippen LogP contribution is -2.11. The van der Waals surface area contributed by atoms with Crippen molar-refractivity contribution in [2.24, 2.45) is 0 Å². The Morgan fingerprint density at radius 2 is 2.21 bits per heavy atom. The number of hydrogen-bond acceptors (Lipinski definition) is 3. The van der Waals surface area contributed by atoms with Crippen molar-refractivity contribution in [3.8, 4) is 0 Å². The van der Waals surface area contributed by atoms with Crippen molar-refractivity contribution in [1.82, 2.24) is 9.97 Å². The van der Waals surface area contributed by atoms with E-state index in [0.29, 0.717) is 11.3 Å². The van der Waals surface area contributed by atoms with Crippen molar-refractivity contribution < 1.29 is 0 Å². The Morgan fingerprint density at radius 3 is 2.93 bits per heavy atom. The van der Waals surface area contributed by atoms with E-state index in [1.54, 1.807) is 13.1 Å². The Labute approximate surface area is 81.0 Å². The molecule has 0 spiro atoms. The van der Waals surface area contributed by atoms with Crippen LogP contribution in [0.15, 0.2) is 23.0 Å². The number of nitrogens with zero attached hydrogens (tertiary/aromatic N) is 1. The molecule has 72 valence electrons. The molecule has 0 radical (unpaired) electrons. The Hall–Kier alpha value is -1.84. The molecular formula is C10H11N3O. The smallest absolute Gasteiger partial charge is 0.260 e. The topological polar surface area (TPSA) is 57.8 Å². The summed E-state index contributed by atoms with van der Waals surface area (Å²) in [6.07, 6.45) is 0. The lowest BCUT2D eigenvalue weighted by atomic mass is 10.2. The van der Waals surface area contributed by atoms with Gasteiger partial charge in [-0.25, -0.2) is 4.98 Å². The third-order valence-corrected chi connectivity index (χ3v) is 2.10. The highest BCUT2D eigenvalue weighted by Crippen LogP contribution is 2.10. The second kappa shape index (κ2) is 3.14. The Bertz CT molecular complexity index is 530. The quantitative estimate of drug-likeness (QED) is 0.710. The highest BCUT2D eigenvalue weighted by atomic mass is 16.1. The van der Waals surface area contributed by atoms with Gasteiger partial charge in [0.2, 0.25) is 5.95 Å². The first kappa shape index (κ1) is 8.74. The SMILES string of the molecule is CNc1nc2cc(C)ccc2c(=O)[nH]1. The molecular weight excluding hydrogens is 178 g/mol. The van der Waals surface area contributed by atoms with Crippen LogP contribution in [0.4, 0.5) is 5.95 Å². The zero-order valence-electron chi connectivity index (χ0n) is 8.09. The fourth-order valence-corrected chi connectivity index (χ4v) is 1.37. The Morgan fingerprint density at radius 1 is 1.43 bits per heavy atom. The molecule has 0 saturated heterocycles. The largest absolute Gasteiger partial charge is 0.359 e. The fraction of sp³-hybridized carbons (Fsp3) is 0.200. The minimum absolute atomic E-state index is 0.112. The molecule has 0 saturated carbocycles. The second-order valence-corrected chi connectivity index (χ2v) is 3.19. The third kappa shape index (κ3) is 1.35. The van der Waals surface area contributed by atoms with Crippen LogP contribution in [-0.2, 0) is 0 Å². The van der Waals surface area contributed by atoms with E-state index >= 15 is 0 Å². The monoisotopic (exact) mass is 189 g/mol. The van der Waals surface area contributed by atoms with E-state index in [-0.39, 0.29) is 5.56 Å². The van der Waals surface area contributed by atoms with E-state index in [1.165, 1.54) is 0 Å². The van der Waals surface area contributed by atoms with Gasteiger partial charge in [-0.3, -0.25) is 9.78 Å². The highest BCUT2D eigenvalue weighted by Gasteiger charge is 2.01. The maximum atomic E-state index is 11.5. The van der Waals surface area contributed by atoms with Crippen LogP contribution in [0.3, 0.4) is 0 Å². The first-order valence-electron chi connectivity index (χ1n) is 4.39. The molecule has 2 N–H and O–H groups in total. The molecule has 14 heavy (non-hydrogen) atoms. The maximum Gasteiger partial charge on any atom is 0.260 e. The van der Waals surface area contributed by atoms with Crippen LogP contribution in [0.5, 0.6) is 0 Å². The lowest BCUT2D eigenvalue weighted by molar-refractivity contribution is 1.15. The van der Waals surface area contributed by atoms with Crippen LogP contribution in [0.2, 0.25) is 0 Å². The summed E-state index contributed by atoms with van der Waals surface area (Å²) < 4.78 is 0. The van der Waals surface area contributed by atoms with E-state index in [9.17, 15) is 4.79 Å². The standard InChI is InChI=1S/C10H11N3O/c1-6-3-4-7-8(5-6)12-10(11-2)13-9(7)14/h3-5H,1-2H3,(H2,11,12,13,14). The van der Waals surface area contributed by atoms with E-state index in [2.05, 4.69) is 15.3 Å². The number of hydrogen-bond donors (Lipinski definition) is 2. The molecule has 0 bridgehead atoms. The first-order valence-corrected chi connectivity index (χ1v) is 4.39. The van der Waals surface area contributed by atoms with Gasteiger partial charge in [0.05, 0.1) is 10.9 Å². The first-order chi connectivity index (χ1) is 6.70. The molecule has 0 aliphatic heterocycles. The van der Waals surface area contributed by atoms with Gasteiger partial charge < -0.3 is 5.32 Å². The summed E-state index contributed by atoms with van der Waals surface area (Å²) in [4.78, 5) is 18.4. The summed E-state index contributed by atoms with van der Waals surface area (Å²) in [5.74, 6) is 0.494. The van der Waals surface area contributed by atoms with Gasteiger partial charge in [-0.1, -0.05) is 6.07 Å². The van der Waals surface area contributed by atoms with Crippen LogP contribution in [0.1, 0.15) is 5.56 Å². The molecule has 0 unspecified atom stereocenters. The van der Waals surface area contributed by atoms with Gasteiger partial charge in [-0.2, -0.15) is 0 Å². The minimum atomic E-state index is -0.112. The summed E-state index contributed by atoms with van der Waals surface area (Å²) >= 11 is 0. The van der Waals surface area contributed by atoms with Crippen molar-refractivity contribution in [3.05, 3.63) is 34.1 Å². The number of nitrogens with one attached hydrogen (secondary N) is 2. The Kier molecular flexibility index (Phi) is 1.96. The van der Waals surface area contributed by atoms with Gasteiger partial charge in [0.15, 0.2) is 0 Å². The van der Waals surface area contributed by atoms with Gasteiger partial charge in [0.1, 0.15) is 0 Å². The second-order valence-electron chi connectivity index (χ2n) is 3.19. The van der Waals surface area contributed by atoms with Gasteiger partial charge in [0.25, 0.3) is 5.56 Å². The molecule has 0 fully saturated rings. The van der Waals surface area contributed by atoms with Crippen molar-refractivity contribution in [2.45, 2.75) is 6.92 Å². The van der Waals surface area contributed by atoms with Crippen LogP contribution in [-0.4, -0.2) is 17.0 Å². The summed E-state index contributed by atoms with van der Waals surface area (Å²) in [6, 6.07) is 5.58. The third-order valence-electron chi connectivity index (χ3n) is 2.10. The van der Waals surface area contributed by atoms with Crippen LogP contribution in [0, 0.1) is 6.92 Å². The molecule has 1 heterocycles. The molecule has 0 aliphatic carbocycles. The summed E-state index contributed by atoms with van der Waals surface area (Å²) in [5.41, 5.74) is 1.70. The van der Waals surface area contributed by atoms with Crippen molar-refractivity contribution >= 4 is 16.9 Å². The van der Waals surface area contributed by atoms with E-state index < -0.39 is 0 Å². The van der Waals surface area contributed by atoms with Crippen LogP contribution < -0.4 is 10.9 Å². The van der Waals surface area contributed by atoms with Gasteiger partial charge in [-0.15, -0.1) is 0 Å². The summed E-state index contributed by atoms with van der Waals surface area (Å²) in [6.45, 7) is 1.97. The number of H-pyrrole nitrogens is 1. The Balaban J connectivity index is 2.84. The zero-order chi connectivity index (χ0) is 10.1. The number of benzene rings is 1. The predicted octanol–water partition coefficient (Wildman–Crippen LogP) is 1.27. The van der Waals surface area contributed by atoms with Crippen molar-refractivity contribution in [2.75, 3.05) is 12.4 Å². The number of rotatable bonds is 1. The van der Waals surface area contributed by atoms with Crippen LogP contribution in [0.25, 0.3) is 10.9 Å². The molecule has 2 rings (SSSR count). The molecule has 0 amide bonds. The molecule has 4 heteroatoms. The van der Waals surface area contributed by atoms with E-state index in [1.807, 2.05) is 19.1 Å². The summed E-state index contributed by atoms with van der Waals surface area (Å²) in [7, 11) is 1.72. The van der Waals surface area contributed by atoms with Crippen LogP contribution >= 0.6 is 0 Å². The van der Waals surface area contributed by atoms with Gasteiger partial charge in [-0.05, 0) is 24.6 Å². The molecule has 4 nitrogen and oxygen atoms in total. The predicted molar refractivity (Wildman–Crippen MR) is 56.6 cm³/mol. The van der Waals surface area contributed by atoms with Gasteiger partial charge >= 0.3 is 0 Å². The maximum absolute atomic E-state index is 11.5. The summed E-state index contributed by atoms with van der Waals surface area (Å²) in [5, 5.41) is 3.43. The van der Waals surface area contributed by atoms with E-state index in [0.717, 1.165) is 11.1 Å². The molecule has 1 aromatic heterocycles. The molecule has 0 aliphatic rings. The van der Waals surface area contributed by atoms with Crippen molar-refractivity contribution in [3.63, 3.8) is 0 Å². The highest BCUT2D eigenvalue weighted by molar-refractivity contribution is 5.79. The molecule has 2 aromatic rings. The number of aromatic amines is 1. The van der Waals surface area contributed by atoms with E-state index in [4.69, 9.17) is 0 Å². The number of aryl methyl sites for hydroxylation is 1.